The Morgan fingerprint density at radius 2 is 1.88 bits per heavy atom. The largest absolute Gasteiger partial charge is 0.450 e. The van der Waals surface area contributed by atoms with Crippen molar-refractivity contribution in [3.8, 4) is 0 Å². The molecular formula is C15H23N5O5. The van der Waals surface area contributed by atoms with Gasteiger partial charge in [-0.1, -0.05) is 6.92 Å². The Bertz CT molecular complexity index is 651. The normalized spacial score (nSPS) is 15.8. The highest BCUT2D eigenvalue weighted by atomic mass is 16.6. The summed E-state index contributed by atoms with van der Waals surface area (Å²) in [5, 5.41) is 14.8. The zero-order valence-electron chi connectivity index (χ0n) is 14.7. The fourth-order valence-corrected chi connectivity index (χ4v) is 2.86. The molecule has 25 heavy (non-hydrogen) atoms. The van der Waals surface area contributed by atoms with Crippen LogP contribution in [0.4, 0.5) is 10.6 Å². The van der Waals surface area contributed by atoms with Crippen molar-refractivity contribution in [1.82, 2.24) is 19.6 Å². The third kappa shape index (κ3) is 4.06. The molecule has 1 saturated heterocycles. The first-order valence-corrected chi connectivity index (χ1v) is 8.30. The lowest BCUT2D eigenvalue weighted by atomic mass is 10.1. The number of rotatable bonds is 5. The number of carbonyl (C=O) groups excluding carboxylic acids is 2. The number of ether oxygens (including phenoxy) is 1. The third-order valence-corrected chi connectivity index (χ3v) is 4.18. The van der Waals surface area contributed by atoms with E-state index in [1.165, 1.54) is 10.7 Å². The minimum absolute atomic E-state index is 0.146. The topological polar surface area (TPSA) is 111 Å². The van der Waals surface area contributed by atoms with Gasteiger partial charge in [0, 0.05) is 26.2 Å². The lowest BCUT2D eigenvalue weighted by Crippen LogP contribution is -2.52. The van der Waals surface area contributed by atoms with Crippen LogP contribution in [-0.4, -0.2) is 69.3 Å². The van der Waals surface area contributed by atoms with E-state index in [1.807, 2.05) is 6.92 Å². The van der Waals surface area contributed by atoms with Gasteiger partial charge in [0.2, 0.25) is 5.91 Å². The first-order chi connectivity index (χ1) is 11.9. The number of hydrogen-bond acceptors (Lipinski definition) is 6. The zero-order chi connectivity index (χ0) is 18.6. The predicted octanol–water partition coefficient (Wildman–Crippen LogP) is 1.35. The van der Waals surface area contributed by atoms with Gasteiger partial charge in [0.1, 0.15) is 0 Å². The van der Waals surface area contributed by atoms with Gasteiger partial charge in [-0.05, 0) is 25.2 Å². The summed E-state index contributed by atoms with van der Waals surface area (Å²) in [4.78, 5) is 38.1. The van der Waals surface area contributed by atoms with Gasteiger partial charge in [-0.25, -0.2) is 4.79 Å². The molecule has 0 radical (unpaired) electrons. The molecule has 2 heterocycles. The summed E-state index contributed by atoms with van der Waals surface area (Å²) in [5.41, 5.74) is 0.567. The molecule has 1 aliphatic heterocycles. The fraction of sp³-hybridized carbons (Fsp3) is 0.667. The number of aryl methyl sites for hydroxylation is 1. The summed E-state index contributed by atoms with van der Waals surface area (Å²) in [7, 11) is 0. The van der Waals surface area contributed by atoms with E-state index in [9.17, 15) is 19.7 Å². The molecule has 0 aliphatic carbocycles. The van der Waals surface area contributed by atoms with Crippen molar-refractivity contribution in [3.05, 3.63) is 21.9 Å². The quantitative estimate of drug-likeness (QED) is 0.583. The molecule has 1 aliphatic rings. The van der Waals surface area contributed by atoms with E-state index in [0.717, 1.165) is 0 Å². The van der Waals surface area contributed by atoms with E-state index in [4.69, 9.17) is 4.74 Å². The van der Waals surface area contributed by atoms with Crippen molar-refractivity contribution in [2.75, 3.05) is 32.8 Å². The van der Waals surface area contributed by atoms with Gasteiger partial charge in [0.05, 0.1) is 23.5 Å². The number of hydrogen-bond donors (Lipinski definition) is 0. The molecule has 138 valence electrons. The smallest absolute Gasteiger partial charge is 0.409 e. The monoisotopic (exact) mass is 353 g/mol. The molecule has 10 heteroatoms. The Balaban J connectivity index is 2.06. The second kappa shape index (κ2) is 7.95. The molecule has 1 fully saturated rings. The molecule has 0 spiro atoms. The molecule has 0 N–H and O–H groups in total. The SMILES string of the molecule is CCOC(=O)N1CCN(C(=O)C(CC)n2nc([N+](=O)[O-])cc2C)CC1. The first kappa shape index (κ1) is 18.7. The maximum Gasteiger partial charge on any atom is 0.409 e. The first-order valence-electron chi connectivity index (χ1n) is 8.30. The van der Waals surface area contributed by atoms with Crippen LogP contribution in [0.2, 0.25) is 0 Å². The number of carbonyl (C=O) groups is 2. The summed E-state index contributed by atoms with van der Waals surface area (Å²) in [5.74, 6) is -0.414. The van der Waals surface area contributed by atoms with Gasteiger partial charge < -0.3 is 24.7 Å². The number of aromatic nitrogens is 2. The van der Waals surface area contributed by atoms with Crippen LogP contribution in [0.25, 0.3) is 0 Å². The van der Waals surface area contributed by atoms with Gasteiger partial charge in [-0.15, -0.1) is 0 Å². The molecule has 10 nitrogen and oxygen atoms in total. The predicted molar refractivity (Wildman–Crippen MR) is 88.1 cm³/mol. The Morgan fingerprint density at radius 3 is 2.36 bits per heavy atom. The second-order valence-electron chi connectivity index (χ2n) is 5.78. The lowest BCUT2D eigenvalue weighted by Gasteiger charge is -2.35. The Hall–Kier alpha value is -2.65. The average Bonchev–Trinajstić information content (AvgIpc) is 2.98. The van der Waals surface area contributed by atoms with Crippen LogP contribution in [0, 0.1) is 17.0 Å². The van der Waals surface area contributed by atoms with Crippen molar-refractivity contribution in [1.29, 1.82) is 0 Å². The molecule has 1 aromatic rings. The average molecular weight is 353 g/mol. The minimum atomic E-state index is -0.595. The molecule has 0 saturated carbocycles. The van der Waals surface area contributed by atoms with Crippen LogP contribution in [0.5, 0.6) is 0 Å². The van der Waals surface area contributed by atoms with Crippen molar-refractivity contribution >= 4 is 17.8 Å². The van der Waals surface area contributed by atoms with Crippen LogP contribution in [-0.2, 0) is 9.53 Å². The van der Waals surface area contributed by atoms with Gasteiger partial charge >= 0.3 is 11.9 Å². The van der Waals surface area contributed by atoms with Gasteiger partial charge in [0.15, 0.2) is 6.04 Å². The van der Waals surface area contributed by atoms with Crippen molar-refractivity contribution in [2.45, 2.75) is 33.2 Å². The fourth-order valence-electron chi connectivity index (χ4n) is 2.86. The maximum atomic E-state index is 12.8. The number of nitrogens with zero attached hydrogens (tertiary/aromatic N) is 5. The van der Waals surface area contributed by atoms with E-state index in [0.29, 0.717) is 44.9 Å². The zero-order valence-corrected chi connectivity index (χ0v) is 14.7. The summed E-state index contributed by atoms with van der Waals surface area (Å²) in [6.07, 6.45) is 0.0940. The molecule has 0 bridgehead atoms. The standard InChI is InChI=1S/C15H23N5O5/c1-4-12(19-11(3)10-13(16-19)20(23)24)14(21)17-6-8-18(9-7-17)15(22)25-5-2/h10,12H,4-9H2,1-3H3. The van der Waals surface area contributed by atoms with Crippen LogP contribution in [0.1, 0.15) is 32.0 Å². The van der Waals surface area contributed by atoms with Gasteiger partial charge in [0.25, 0.3) is 0 Å². The molecule has 1 unspecified atom stereocenters. The van der Waals surface area contributed by atoms with E-state index in [1.54, 1.807) is 23.6 Å². The molecule has 0 aromatic carbocycles. The molecule has 2 rings (SSSR count). The Kier molecular flexibility index (Phi) is 5.94. The van der Waals surface area contributed by atoms with Crippen LogP contribution in [0.15, 0.2) is 6.07 Å². The van der Waals surface area contributed by atoms with Crippen LogP contribution < -0.4 is 0 Å². The molecule has 1 atom stereocenters. The van der Waals surface area contributed by atoms with Gasteiger partial charge in [-0.3, -0.25) is 4.79 Å². The van der Waals surface area contributed by atoms with Crippen molar-refractivity contribution < 1.29 is 19.2 Å². The second-order valence-corrected chi connectivity index (χ2v) is 5.78. The highest BCUT2D eigenvalue weighted by Crippen LogP contribution is 2.21. The maximum absolute atomic E-state index is 12.8. The van der Waals surface area contributed by atoms with E-state index >= 15 is 0 Å². The number of piperazine rings is 1. The molecule has 1 aromatic heterocycles. The summed E-state index contributed by atoms with van der Waals surface area (Å²) < 4.78 is 6.38. The number of nitro groups is 1. The van der Waals surface area contributed by atoms with Gasteiger partial charge in [-0.2, -0.15) is 4.68 Å². The van der Waals surface area contributed by atoms with Crippen LogP contribution >= 0.6 is 0 Å². The third-order valence-electron chi connectivity index (χ3n) is 4.18. The molecule has 2 amide bonds. The Morgan fingerprint density at radius 1 is 1.28 bits per heavy atom. The van der Waals surface area contributed by atoms with E-state index in [-0.39, 0.29) is 17.8 Å². The van der Waals surface area contributed by atoms with E-state index < -0.39 is 11.0 Å². The van der Waals surface area contributed by atoms with Crippen LogP contribution in [0.3, 0.4) is 0 Å². The minimum Gasteiger partial charge on any atom is -0.450 e. The highest BCUT2D eigenvalue weighted by Gasteiger charge is 2.33. The van der Waals surface area contributed by atoms with E-state index in [2.05, 4.69) is 5.10 Å². The summed E-state index contributed by atoms with van der Waals surface area (Å²) in [6.45, 7) is 7.19. The summed E-state index contributed by atoms with van der Waals surface area (Å²) >= 11 is 0. The highest BCUT2D eigenvalue weighted by molar-refractivity contribution is 5.81. The number of amides is 2. The van der Waals surface area contributed by atoms with Crippen molar-refractivity contribution in [2.24, 2.45) is 0 Å². The van der Waals surface area contributed by atoms with Crippen molar-refractivity contribution in [3.63, 3.8) is 0 Å². The Labute approximate surface area is 145 Å². The molecular weight excluding hydrogens is 330 g/mol. The summed E-state index contributed by atoms with van der Waals surface area (Å²) in [6, 6.07) is 0.761. The lowest BCUT2D eigenvalue weighted by molar-refractivity contribution is -0.389.